The number of aromatic nitrogens is 1. The van der Waals surface area contributed by atoms with Crippen LogP contribution in [0.5, 0.6) is 5.75 Å². The summed E-state index contributed by atoms with van der Waals surface area (Å²) in [5.74, 6) is -1.29. The van der Waals surface area contributed by atoms with Gasteiger partial charge >= 0.3 is 0 Å². The van der Waals surface area contributed by atoms with Crippen molar-refractivity contribution < 1.29 is 23.8 Å². The van der Waals surface area contributed by atoms with E-state index >= 15 is 0 Å². The van der Waals surface area contributed by atoms with Crippen LogP contribution in [0, 0.1) is 33.0 Å². The molecule has 0 radical (unpaired) electrons. The van der Waals surface area contributed by atoms with Gasteiger partial charge in [-0.3, -0.25) is 30.3 Å². The Morgan fingerprint density at radius 3 is 2.53 bits per heavy atom. The molecule has 0 aliphatic heterocycles. The highest BCUT2D eigenvalue weighted by Gasteiger charge is 2.25. The van der Waals surface area contributed by atoms with Crippen molar-refractivity contribution >= 4 is 33.8 Å². The van der Waals surface area contributed by atoms with Gasteiger partial charge in [0.05, 0.1) is 34.3 Å². The molecule has 0 aliphatic carbocycles. The number of non-ortho nitro benzene ring substituents is 1. The molecule has 1 amide bonds. The molecule has 12 heteroatoms. The molecule has 0 unspecified atom stereocenters. The number of benzene rings is 2. The van der Waals surface area contributed by atoms with Crippen LogP contribution in [0.1, 0.15) is 15.9 Å². The number of methoxy groups -OCH3 is 1. The van der Waals surface area contributed by atoms with Gasteiger partial charge in [0.25, 0.3) is 17.3 Å². The number of hydrogen-bond acceptors (Lipinski definition) is 8. The maximum atomic E-state index is 13.9. The van der Waals surface area contributed by atoms with E-state index in [0.717, 1.165) is 23.5 Å². The minimum Gasteiger partial charge on any atom is -0.494 e. The fraction of sp³-hybridized carbons (Fsp3) is 0.111. The van der Waals surface area contributed by atoms with Crippen LogP contribution < -0.4 is 10.1 Å². The molecule has 0 fully saturated rings. The van der Waals surface area contributed by atoms with Crippen molar-refractivity contribution in [3.05, 3.63) is 72.9 Å². The summed E-state index contributed by atoms with van der Waals surface area (Å²) in [7, 11) is 1.34. The number of hydrogen-bond donors (Lipinski definition) is 1. The molecule has 1 aromatic heterocycles. The normalized spacial score (nSPS) is 10.5. The molecule has 0 spiro atoms. The number of thiazole rings is 1. The highest BCUT2D eigenvalue weighted by Crippen LogP contribution is 2.31. The third-order valence-electron chi connectivity index (χ3n) is 4.19. The number of carbonyl (C=O) groups is 1. The standard InChI is InChI=1S/C18H13FN4O6S/c1-9-12(6-11(22(25)26)7-15(9)23(27)28)17(24)21-18-20-14(8-30-18)10-3-4-16(29-2)13(19)5-10/h3-8H,1-2H3,(H,20,21,24). The third-order valence-corrected chi connectivity index (χ3v) is 4.95. The van der Waals surface area contributed by atoms with Crippen molar-refractivity contribution in [2.24, 2.45) is 0 Å². The van der Waals surface area contributed by atoms with E-state index in [2.05, 4.69) is 10.3 Å². The summed E-state index contributed by atoms with van der Waals surface area (Å²) in [5.41, 5.74) is -0.514. The summed E-state index contributed by atoms with van der Waals surface area (Å²) in [6, 6.07) is 6.02. The number of amides is 1. The molecule has 0 atom stereocenters. The topological polar surface area (TPSA) is 138 Å². The monoisotopic (exact) mass is 432 g/mol. The summed E-state index contributed by atoms with van der Waals surface area (Å²) in [6.07, 6.45) is 0. The lowest BCUT2D eigenvalue weighted by molar-refractivity contribution is -0.394. The molecule has 0 saturated carbocycles. The van der Waals surface area contributed by atoms with E-state index in [-0.39, 0.29) is 22.0 Å². The smallest absolute Gasteiger partial charge is 0.279 e. The quantitative estimate of drug-likeness (QED) is 0.452. The zero-order valence-corrected chi connectivity index (χ0v) is 16.4. The lowest BCUT2D eigenvalue weighted by Crippen LogP contribution is -2.14. The molecular formula is C18H13FN4O6S. The second-order valence-electron chi connectivity index (χ2n) is 5.99. The minimum atomic E-state index is -0.817. The first-order valence-electron chi connectivity index (χ1n) is 8.25. The van der Waals surface area contributed by atoms with Crippen molar-refractivity contribution in [2.45, 2.75) is 6.92 Å². The van der Waals surface area contributed by atoms with Gasteiger partial charge in [0, 0.05) is 22.6 Å². The van der Waals surface area contributed by atoms with Crippen LogP contribution >= 0.6 is 11.3 Å². The maximum Gasteiger partial charge on any atom is 0.279 e. The average Bonchev–Trinajstić information content (AvgIpc) is 3.16. The Labute approximate surface area is 172 Å². The third kappa shape index (κ3) is 4.07. The van der Waals surface area contributed by atoms with Gasteiger partial charge in [-0.25, -0.2) is 9.37 Å². The van der Waals surface area contributed by atoms with E-state index in [1.807, 2.05) is 0 Å². The van der Waals surface area contributed by atoms with Gasteiger partial charge in [-0.1, -0.05) is 0 Å². The van der Waals surface area contributed by atoms with E-state index in [1.54, 1.807) is 11.4 Å². The molecule has 0 aliphatic rings. The van der Waals surface area contributed by atoms with Crippen molar-refractivity contribution in [3.8, 4) is 17.0 Å². The number of nitro groups is 2. The van der Waals surface area contributed by atoms with Gasteiger partial charge in [-0.15, -0.1) is 11.3 Å². The average molecular weight is 432 g/mol. The van der Waals surface area contributed by atoms with E-state index < -0.39 is 32.9 Å². The Morgan fingerprint density at radius 1 is 1.20 bits per heavy atom. The van der Waals surface area contributed by atoms with E-state index in [1.165, 1.54) is 26.2 Å². The molecule has 1 N–H and O–H groups in total. The molecule has 10 nitrogen and oxygen atoms in total. The summed E-state index contributed by atoms with van der Waals surface area (Å²) in [5, 5.41) is 26.4. The number of rotatable bonds is 6. The second-order valence-corrected chi connectivity index (χ2v) is 6.85. The largest absolute Gasteiger partial charge is 0.494 e. The lowest BCUT2D eigenvalue weighted by Gasteiger charge is -2.06. The number of nitro benzene ring substituents is 2. The molecule has 2 aromatic carbocycles. The zero-order valence-electron chi connectivity index (χ0n) is 15.5. The number of carbonyl (C=O) groups excluding carboxylic acids is 1. The van der Waals surface area contributed by atoms with Crippen molar-refractivity contribution in [1.82, 2.24) is 4.98 Å². The SMILES string of the molecule is COc1ccc(-c2csc(NC(=O)c3cc([N+](=O)[O-])cc([N+](=O)[O-])c3C)n2)cc1F. The van der Waals surface area contributed by atoms with Gasteiger partial charge in [0.15, 0.2) is 16.7 Å². The predicted octanol–water partition coefficient (Wildman–Crippen LogP) is 4.33. The number of anilines is 1. The molecule has 0 bridgehead atoms. The molecule has 1 heterocycles. The van der Waals surface area contributed by atoms with Gasteiger partial charge in [-0.05, 0) is 25.1 Å². The van der Waals surface area contributed by atoms with Gasteiger partial charge in [-0.2, -0.15) is 0 Å². The number of halogens is 1. The molecule has 3 rings (SSSR count). The molecular weight excluding hydrogens is 419 g/mol. The summed E-state index contributed by atoms with van der Waals surface area (Å²) in [4.78, 5) is 37.4. The fourth-order valence-corrected chi connectivity index (χ4v) is 3.38. The first-order valence-corrected chi connectivity index (χ1v) is 9.13. The van der Waals surface area contributed by atoms with Crippen LogP contribution in [0.4, 0.5) is 20.9 Å². The first kappa shape index (κ1) is 20.8. The van der Waals surface area contributed by atoms with Crippen molar-refractivity contribution in [2.75, 3.05) is 12.4 Å². The van der Waals surface area contributed by atoms with Crippen LogP contribution in [0.2, 0.25) is 0 Å². The highest BCUT2D eigenvalue weighted by molar-refractivity contribution is 7.14. The Hall–Kier alpha value is -3.93. The van der Waals surface area contributed by atoms with Gasteiger partial charge in [0.1, 0.15) is 0 Å². The predicted molar refractivity (Wildman–Crippen MR) is 107 cm³/mol. The second kappa shape index (κ2) is 8.21. The Bertz CT molecular complexity index is 1180. The van der Waals surface area contributed by atoms with Crippen LogP contribution in [0.25, 0.3) is 11.3 Å². The number of nitrogens with zero attached hydrogens (tertiary/aromatic N) is 3. The summed E-state index contributed by atoms with van der Waals surface area (Å²) >= 11 is 1.05. The van der Waals surface area contributed by atoms with Gasteiger partial charge < -0.3 is 4.74 Å². The zero-order chi connectivity index (χ0) is 22.0. The number of ether oxygens (including phenoxy) is 1. The van der Waals surface area contributed by atoms with Crippen molar-refractivity contribution in [1.29, 1.82) is 0 Å². The van der Waals surface area contributed by atoms with E-state index in [9.17, 15) is 29.4 Å². The molecule has 0 saturated heterocycles. The summed E-state index contributed by atoms with van der Waals surface area (Å²) < 4.78 is 18.8. The van der Waals surface area contributed by atoms with Crippen LogP contribution in [0.15, 0.2) is 35.7 Å². The van der Waals surface area contributed by atoms with Crippen molar-refractivity contribution in [3.63, 3.8) is 0 Å². The maximum absolute atomic E-state index is 13.9. The van der Waals surface area contributed by atoms with Crippen LogP contribution in [-0.2, 0) is 0 Å². The lowest BCUT2D eigenvalue weighted by atomic mass is 10.0. The molecule has 3 aromatic rings. The Balaban J connectivity index is 1.90. The van der Waals surface area contributed by atoms with E-state index in [0.29, 0.717) is 11.3 Å². The molecule has 154 valence electrons. The highest BCUT2D eigenvalue weighted by atomic mass is 32.1. The Kier molecular flexibility index (Phi) is 5.69. The Morgan fingerprint density at radius 2 is 1.93 bits per heavy atom. The van der Waals surface area contributed by atoms with E-state index in [4.69, 9.17) is 4.74 Å². The molecule has 30 heavy (non-hydrogen) atoms. The first-order chi connectivity index (χ1) is 14.2. The minimum absolute atomic E-state index is 0.0166. The fourth-order valence-electron chi connectivity index (χ4n) is 2.67. The van der Waals surface area contributed by atoms with Crippen LogP contribution in [0.3, 0.4) is 0 Å². The summed E-state index contributed by atoms with van der Waals surface area (Å²) in [6.45, 7) is 1.32. The number of nitrogens with one attached hydrogen (secondary N) is 1. The van der Waals surface area contributed by atoms with Crippen LogP contribution in [-0.4, -0.2) is 27.8 Å². The van der Waals surface area contributed by atoms with Gasteiger partial charge in [0.2, 0.25) is 0 Å².